The molecule has 1 fully saturated rings. The first-order valence-electron chi connectivity index (χ1n) is 11.1. The summed E-state index contributed by atoms with van der Waals surface area (Å²) in [6.45, 7) is 0. The third-order valence-corrected chi connectivity index (χ3v) is 5.88. The van der Waals surface area contributed by atoms with Crippen LogP contribution in [0.2, 0.25) is 0 Å². The summed E-state index contributed by atoms with van der Waals surface area (Å²) in [5.74, 6) is 0.325. The van der Waals surface area contributed by atoms with Crippen LogP contribution in [0.1, 0.15) is 48.0 Å². The largest absolute Gasteiger partial charge is 0.349 e. The number of amides is 1. The Labute approximate surface area is 191 Å². The fourth-order valence-electron chi connectivity index (χ4n) is 4.14. The Morgan fingerprint density at radius 1 is 1.09 bits per heavy atom. The summed E-state index contributed by atoms with van der Waals surface area (Å²) in [7, 11) is 0. The minimum Gasteiger partial charge on any atom is -0.349 e. The van der Waals surface area contributed by atoms with E-state index in [0.717, 1.165) is 18.4 Å². The second-order valence-corrected chi connectivity index (χ2v) is 8.18. The van der Waals surface area contributed by atoms with Crippen LogP contribution in [0, 0.1) is 11.3 Å². The Kier molecular flexibility index (Phi) is 5.68. The van der Waals surface area contributed by atoms with E-state index in [1.807, 2.05) is 30.3 Å². The quantitative estimate of drug-likeness (QED) is 0.477. The highest BCUT2D eigenvalue weighted by Gasteiger charge is 2.17. The van der Waals surface area contributed by atoms with Gasteiger partial charge in [-0.2, -0.15) is 10.2 Å². The Balaban J connectivity index is 1.37. The Bertz CT molecular complexity index is 1350. The van der Waals surface area contributed by atoms with Crippen molar-refractivity contribution in [3.63, 3.8) is 0 Å². The van der Waals surface area contributed by atoms with E-state index < -0.39 is 0 Å². The maximum absolute atomic E-state index is 12.7. The van der Waals surface area contributed by atoms with Gasteiger partial charge in [0.05, 0.1) is 29.3 Å². The standard InChI is InChI=1S/C25H23N7O/c26-14-19-7-4-5-12-21(19)29-25-30-23-15-27-22(16-32(23)31-25)17-8-6-9-18(13-17)24(33)28-20-10-2-1-3-11-20/h4-9,12-13,15-16,20H,1-3,10-11H2,(H,28,33)(H,29,31). The lowest BCUT2D eigenvalue weighted by atomic mass is 9.95. The first-order chi connectivity index (χ1) is 16.2. The molecule has 0 saturated heterocycles. The van der Waals surface area contributed by atoms with Crippen LogP contribution in [0.15, 0.2) is 60.9 Å². The number of para-hydroxylation sites is 1. The van der Waals surface area contributed by atoms with Crippen molar-refractivity contribution in [1.82, 2.24) is 24.9 Å². The van der Waals surface area contributed by atoms with E-state index in [1.54, 1.807) is 35.1 Å². The van der Waals surface area contributed by atoms with E-state index >= 15 is 0 Å². The third kappa shape index (κ3) is 4.53. The second-order valence-electron chi connectivity index (χ2n) is 8.18. The summed E-state index contributed by atoms with van der Waals surface area (Å²) < 4.78 is 1.63. The van der Waals surface area contributed by atoms with Crippen LogP contribution in [-0.2, 0) is 0 Å². The lowest BCUT2D eigenvalue weighted by Crippen LogP contribution is -2.36. The van der Waals surface area contributed by atoms with Gasteiger partial charge in [0.15, 0.2) is 5.65 Å². The first-order valence-corrected chi connectivity index (χ1v) is 11.1. The molecule has 0 unspecified atom stereocenters. The van der Waals surface area contributed by atoms with E-state index in [-0.39, 0.29) is 11.9 Å². The number of benzene rings is 2. The molecule has 1 aliphatic rings. The number of hydrogen-bond donors (Lipinski definition) is 2. The van der Waals surface area contributed by atoms with Crippen LogP contribution in [0.25, 0.3) is 16.9 Å². The van der Waals surface area contributed by atoms with E-state index in [2.05, 4.69) is 31.8 Å². The summed E-state index contributed by atoms with van der Waals surface area (Å²) >= 11 is 0. The van der Waals surface area contributed by atoms with Crippen molar-refractivity contribution in [2.75, 3.05) is 5.32 Å². The molecule has 0 radical (unpaired) electrons. The first kappa shape index (κ1) is 20.6. The van der Waals surface area contributed by atoms with Gasteiger partial charge in [-0.05, 0) is 37.1 Å². The Morgan fingerprint density at radius 3 is 2.79 bits per heavy atom. The molecule has 2 aromatic heterocycles. The zero-order valence-corrected chi connectivity index (χ0v) is 18.0. The fraction of sp³-hybridized carbons (Fsp3) is 0.240. The zero-order chi connectivity index (χ0) is 22.6. The van der Waals surface area contributed by atoms with Crippen molar-refractivity contribution >= 4 is 23.2 Å². The van der Waals surface area contributed by atoms with Gasteiger partial charge in [0.2, 0.25) is 5.95 Å². The van der Waals surface area contributed by atoms with Gasteiger partial charge >= 0.3 is 0 Å². The summed E-state index contributed by atoms with van der Waals surface area (Å²) in [5.41, 5.74) is 3.85. The number of nitrogens with one attached hydrogen (secondary N) is 2. The lowest BCUT2D eigenvalue weighted by molar-refractivity contribution is 0.0927. The molecule has 0 aliphatic heterocycles. The second kappa shape index (κ2) is 9.09. The molecular weight excluding hydrogens is 414 g/mol. The molecule has 1 aliphatic carbocycles. The van der Waals surface area contributed by atoms with Crippen LogP contribution in [0.4, 0.5) is 11.6 Å². The number of aromatic nitrogens is 4. The summed E-state index contributed by atoms with van der Waals surface area (Å²) in [5, 5.41) is 20.0. The van der Waals surface area contributed by atoms with Crippen molar-refractivity contribution in [2.24, 2.45) is 0 Å². The monoisotopic (exact) mass is 437 g/mol. The van der Waals surface area contributed by atoms with Gasteiger partial charge in [-0.3, -0.25) is 9.78 Å². The van der Waals surface area contributed by atoms with Crippen molar-refractivity contribution < 1.29 is 4.79 Å². The van der Waals surface area contributed by atoms with E-state index in [9.17, 15) is 10.1 Å². The maximum Gasteiger partial charge on any atom is 0.251 e. The number of carbonyl (C=O) groups excluding carboxylic acids is 1. The van der Waals surface area contributed by atoms with Crippen LogP contribution in [-0.4, -0.2) is 31.5 Å². The number of hydrogen-bond acceptors (Lipinski definition) is 6. The van der Waals surface area contributed by atoms with Gasteiger partial charge in [0, 0.05) is 17.2 Å². The van der Waals surface area contributed by atoms with Crippen LogP contribution in [0.5, 0.6) is 0 Å². The molecule has 5 rings (SSSR count). The summed E-state index contributed by atoms with van der Waals surface area (Å²) in [4.78, 5) is 21.7. The normalized spacial score (nSPS) is 14.0. The zero-order valence-electron chi connectivity index (χ0n) is 18.0. The molecule has 164 valence electrons. The van der Waals surface area contributed by atoms with Crippen LogP contribution >= 0.6 is 0 Å². The molecular formula is C25H23N7O. The predicted molar refractivity (Wildman–Crippen MR) is 125 cm³/mol. The van der Waals surface area contributed by atoms with Crippen molar-refractivity contribution in [3.8, 4) is 17.3 Å². The lowest BCUT2D eigenvalue weighted by Gasteiger charge is -2.22. The maximum atomic E-state index is 12.7. The topological polar surface area (TPSA) is 108 Å². The van der Waals surface area contributed by atoms with E-state index in [4.69, 9.17) is 0 Å². The van der Waals surface area contributed by atoms with Gasteiger partial charge in [0.25, 0.3) is 5.91 Å². The molecule has 1 amide bonds. The number of rotatable bonds is 5. The van der Waals surface area contributed by atoms with Gasteiger partial charge in [-0.1, -0.05) is 43.5 Å². The molecule has 2 N–H and O–H groups in total. The summed E-state index contributed by atoms with van der Waals surface area (Å²) in [6, 6.07) is 17.1. The molecule has 8 nitrogen and oxygen atoms in total. The van der Waals surface area contributed by atoms with E-state index in [1.165, 1.54) is 19.3 Å². The highest BCUT2D eigenvalue weighted by Crippen LogP contribution is 2.22. The average Bonchev–Trinajstić information content (AvgIpc) is 3.26. The third-order valence-electron chi connectivity index (χ3n) is 5.88. The highest BCUT2D eigenvalue weighted by molar-refractivity contribution is 5.95. The van der Waals surface area contributed by atoms with Gasteiger partial charge in [-0.15, -0.1) is 5.10 Å². The molecule has 33 heavy (non-hydrogen) atoms. The minimum atomic E-state index is -0.0479. The smallest absolute Gasteiger partial charge is 0.251 e. The highest BCUT2D eigenvalue weighted by atomic mass is 16.1. The van der Waals surface area contributed by atoms with Gasteiger partial charge < -0.3 is 10.6 Å². The molecule has 2 aromatic carbocycles. The fourth-order valence-corrected chi connectivity index (χ4v) is 4.14. The molecule has 0 bridgehead atoms. The molecule has 0 atom stereocenters. The Morgan fingerprint density at radius 2 is 1.94 bits per heavy atom. The molecule has 8 heteroatoms. The molecule has 2 heterocycles. The minimum absolute atomic E-state index is 0.0479. The Hall–Kier alpha value is -4.25. The summed E-state index contributed by atoms with van der Waals surface area (Å²) in [6.07, 6.45) is 9.11. The molecule has 4 aromatic rings. The number of nitrogens with zero attached hydrogens (tertiary/aromatic N) is 5. The van der Waals surface area contributed by atoms with Gasteiger partial charge in [-0.25, -0.2) is 4.52 Å². The predicted octanol–water partition coefficient (Wildman–Crippen LogP) is 4.47. The van der Waals surface area contributed by atoms with Crippen molar-refractivity contribution in [2.45, 2.75) is 38.1 Å². The molecule has 0 spiro atoms. The van der Waals surface area contributed by atoms with Crippen molar-refractivity contribution in [1.29, 1.82) is 5.26 Å². The van der Waals surface area contributed by atoms with E-state index in [0.29, 0.717) is 34.1 Å². The SMILES string of the molecule is N#Cc1ccccc1Nc1nc2cnc(-c3cccc(C(=O)NC4CCCCC4)c3)cn2n1. The number of nitriles is 1. The van der Waals surface area contributed by atoms with Crippen molar-refractivity contribution in [3.05, 3.63) is 72.1 Å². The number of fused-ring (bicyclic) bond motifs is 1. The van der Waals surface area contributed by atoms with Crippen LogP contribution in [0.3, 0.4) is 0 Å². The number of anilines is 2. The number of carbonyl (C=O) groups is 1. The van der Waals surface area contributed by atoms with Crippen LogP contribution < -0.4 is 10.6 Å². The van der Waals surface area contributed by atoms with Gasteiger partial charge in [0.1, 0.15) is 6.07 Å². The average molecular weight is 438 g/mol. The molecule has 1 saturated carbocycles.